The van der Waals surface area contributed by atoms with Crippen LogP contribution in [-0.4, -0.2) is 69.6 Å². The van der Waals surface area contributed by atoms with Crippen LogP contribution in [-0.2, 0) is 24.3 Å². The molecule has 1 N–H and O–H groups in total. The van der Waals surface area contributed by atoms with E-state index in [0.717, 1.165) is 0 Å². The van der Waals surface area contributed by atoms with Gasteiger partial charge in [0.1, 0.15) is 6.61 Å². The maximum Gasteiger partial charge on any atom is 0.269 e. The van der Waals surface area contributed by atoms with Crippen LogP contribution in [0, 0.1) is 10.1 Å². The predicted molar refractivity (Wildman–Crippen MR) is 95.7 cm³/mol. The van der Waals surface area contributed by atoms with E-state index < -0.39 is 14.9 Å². The van der Waals surface area contributed by atoms with E-state index in [0.29, 0.717) is 26.1 Å². The van der Waals surface area contributed by atoms with Crippen LogP contribution in [0.3, 0.4) is 0 Å². The van der Waals surface area contributed by atoms with Crippen molar-refractivity contribution < 1.29 is 27.6 Å². The fraction of sp³-hybridized carbons (Fsp3) is 0.562. The standard InChI is InChI=1S/C16H23N3O7S/c1-25-10-11-26-12-16(20)17-13-6-8-18(9-7-13)27(23,24)15-4-2-14(3-5-15)19(21)22/h2-5,13H,6-12H2,1H3,(H,17,20). The first-order chi connectivity index (χ1) is 12.8. The van der Waals surface area contributed by atoms with Crippen LogP contribution in [0.1, 0.15) is 12.8 Å². The number of nitro benzene ring substituents is 1. The highest BCUT2D eigenvalue weighted by Gasteiger charge is 2.30. The van der Waals surface area contributed by atoms with E-state index in [-0.39, 0.29) is 42.2 Å². The Morgan fingerprint density at radius 3 is 2.44 bits per heavy atom. The van der Waals surface area contributed by atoms with Crippen molar-refractivity contribution >= 4 is 21.6 Å². The van der Waals surface area contributed by atoms with Crippen LogP contribution in [0.5, 0.6) is 0 Å². The summed E-state index contributed by atoms with van der Waals surface area (Å²) in [6.07, 6.45) is 0.964. The minimum absolute atomic E-state index is 0.0159. The van der Waals surface area contributed by atoms with Gasteiger partial charge >= 0.3 is 0 Å². The normalized spacial score (nSPS) is 16.2. The number of hydrogen-bond acceptors (Lipinski definition) is 7. The van der Waals surface area contributed by atoms with Crippen molar-refractivity contribution in [2.24, 2.45) is 0 Å². The third kappa shape index (κ3) is 5.96. The highest BCUT2D eigenvalue weighted by molar-refractivity contribution is 7.89. The number of carbonyl (C=O) groups excluding carboxylic acids is 1. The lowest BCUT2D eigenvalue weighted by Gasteiger charge is -2.31. The summed E-state index contributed by atoms with van der Waals surface area (Å²) in [5.74, 6) is -0.247. The zero-order valence-corrected chi connectivity index (χ0v) is 15.8. The monoisotopic (exact) mass is 401 g/mol. The molecular weight excluding hydrogens is 378 g/mol. The molecule has 0 unspecified atom stereocenters. The Morgan fingerprint density at radius 1 is 1.26 bits per heavy atom. The first-order valence-corrected chi connectivity index (χ1v) is 9.89. The summed E-state index contributed by atoms with van der Waals surface area (Å²) >= 11 is 0. The molecule has 1 aromatic rings. The van der Waals surface area contributed by atoms with Gasteiger partial charge in [0, 0.05) is 38.4 Å². The molecule has 0 aromatic heterocycles. The highest BCUT2D eigenvalue weighted by atomic mass is 32.2. The first kappa shape index (κ1) is 21.2. The van der Waals surface area contributed by atoms with Gasteiger partial charge in [0.15, 0.2) is 0 Å². The number of sulfonamides is 1. The lowest BCUT2D eigenvalue weighted by atomic mass is 10.1. The molecule has 1 aliphatic rings. The zero-order valence-electron chi connectivity index (χ0n) is 15.0. The fourth-order valence-corrected chi connectivity index (χ4v) is 4.18. The van der Waals surface area contributed by atoms with E-state index in [4.69, 9.17) is 9.47 Å². The summed E-state index contributed by atoms with van der Waals surface area (Å²) in [4.78, 5) is 21.9. The van der Waals surface area contributed by atoms with Crippen LogP contribution < -0.4 is 5.32 Å². The number of nitrogens with one attached hydrogen (secondary N) is 1. The molecule has 0 spiro atoms. The molecular formula is C16H23N3O7S. The Labute approximate surface area is 157 Å². The highest BCUT2D eigenvalue weighted by Crippen LogP contribution is 2.22. The molecule has 0 atom stereocenters. The lowest BCUT2D eigenvalue weighted by Crippen LogP contribution is -2.47. The number of rotatable bonds is 9. The number of methoxy groups -OCH3 is 1. The van der Waals surface area contributed by atoms with Crippen molar-refractivity contribution in [3.05, 3.63) is 34.4 Å². The quantitative estimate of drug-likeness (QED) is 0.363. The summed E-state index contributed by atoms with van der Waals surface area (Å²) < 4.78 is 36.6. The zero-order chi connectivity index (χ0) is 19.9. The summed E-state index contributed by atoms with van der Waals surface area (Å²) in [5, 5.41) is 13.5. The number of amides is 1. The topological polar surface area (TPSA) is 128 Å². The molecule has 150 valence electrons. The Hall–Kier alpha value is -2.08. The van der Waals surface area contributed by atoms with Crippen molar-refractivity contribution in [2.45, 2.75) is 23.8 Å². The van der Waals surface area contributed by atoms with Crippen molar-refractivity contribution in [3.63, 3.8) is 0 Å². The summed E-state index contributed by atoms with van der Waals surface area (Å²) in [6, 6.07) is 4.69. The van der Waals surface area contributed by atoms with Crippen molar-refractivity contribution in [1.29, 1.82) is 0 Å². The van der Waals surface area contributed by atoms with Gasteiger partial charge in [-0.05, 0) is 25.0 Å². The molecule has 0 aliphatic carbocycles. The van der Waals surface area contributed by atoms with E-state index >= 15 is 0 Å². The van der Waals surface area contributed by atoms with E-state index in [2.05, 4.69) is 5.32 Å². The molecule has 27 heavy (non-hydrogen) atoms. The number of non-ortho nitro benzene ring substituents is 1. The van der Waals surface area contributed by atoms with E-state index in [1.165, 1.54) is 28.6 Å². The molecule has 1 aromatic carbocycles. The van der Waals surface area contributed by atoms with Gasteiger partial charge in [-0.25, -0.2) is 8.42 Å². The maximum atomic E-state index is 12.6. The van der Waals surface area contributed by atoms with Gasteiger partial charge in [-0.1, -0.05) is 0 Å². The van der Waals surface area contributed by atoms with Gasteiger partial charge < -0.3 is 14.8 Å². The van der Waals surface area contributed by atoms with Gasteiger partial charge in [-0.2, -0.15) is 4.31 Å². The second-order valence-electron chi connectivity index (χ2n) is 6.04. The predicted octanol–water partition coefficient (Wildman–Crippen LogP) is 0.527. The van der Waals surface area contributed by atoms with Gasteiger partial charge in [-0.3, -0.25) is 14.9 Å². The van der Waals surface area contributed by atoms with Crippen LogP contribution in [0.4, 0.5) is 5.69 Å². The number of ether oxygens (including phenoxy) is 2. The largest absolute Gasteiger partial charge is 0.382 e. The summed E-state index contributed by atoms with van der Waals surface area (Å²) in [7, 11) is -2.17. The van der Waals surface area contributed by atoms with Gasteiger partial charge in [-0.15, -0.1) is 0 Å². The number of carbonyl (C=O) groups is 1. The molecule has 1 amide bonds. The third-order valence-electron chi connectivity index (χ3n) is 4.17. The van der Waals surface area contributed by atoms with Crippen LogP contribution in [0.2, 0.25) is 0 Å². The SMILES string of the molecule is COCCOCC(=O)NC1CCN(S(=O)(=O)c2ccc([N+](=O)[O-])cc2)CC1. The van der Waals surface area contributed by atoms with Crippen LogP contribution in [0.15, 0.2) is 29.2 Å². The number of hydrogen-bond donors (Lipinski definition) is 1. The molecule has 1 saturated heterocycles. The number of piperidine rings is 1. The average molecular weight is 401 g/mol. The smallest absolute Gasteiger partial charge is 0.269 e. The average Bonchev–Trinajstić information content (AvgIpc) is 2.66. The third-order valence-corrected chi connectivity index (χ3v) is 6.08. The molecule has 1 fully saturated rings. The van der Waals surface area contributed by atoms with Crippen molar-refractivity contribution in [2.75, 3.05) is 40.0 Å². The molecule has 1 heterocycles. The van der Waals surface area contributed by atoms with Gasteiger partial charge in [0.25, 0.3) is 5.69 Å². The second-order valence-corrected chi connectivity index (χ2v) is 7.98. The molecule has 10 nitrogen and oxygen atoms in total. The minimum atomic E-state index is -3.72. The molecule has 2 rings (SSSR count). The minimum Gasteiger partial charge on any atom is -0.382 e. The Kier molecular flexibility index (Phi) is 7.66. The van der Waals surface area contributed by atoms with Gasteiger partial charge in [0.05, 0.1) is 23.0 Å². The van der Waals surface area contributed by atoms with E-state index in [9.17, 15) is 23.3 Å². The van der Waals surface area contributed by atoms with Crippen molar-refractivity contribution in [1.82, 2.24) is 9.62 Å². The number of nitrogens with zero attached hydrogens (tertiary/aromatic N) is 2. The molecule has 11 heteroatoms. The van der Waals surface area contributed by atoms with E-state index in [1.54, 1.807) is 7.11 Å². The molecule has 0 saturated carbocycles. The van der Waals surface area contributed by atoms with Crippen molar-refractivity contribution in [3.8, 4) is 0 Å². The van der Waals surface area contributed by atoms with Crippen LogP contribution >= 0.6 is 0 Å². The van der Waals surface area contributed by atoms with Gasteiger partial charge in [0.2, 0.25) is 15.9 Å². The Balaban J connectivity index is 1.85. The Bertz CT molecular complexity index is 744. The number of benzene rings is 1. The molecule has 1 aliphatic heterocycles. The summed E-state index contributed by atoms with van der Waals surface area (Å²) in [5.41, 5.74) is -0.164. The summed E-state index contributed by atoms with van der Waals surface area (Å²) in [6.45, 7) is 1.19. The van der Waals surface area contributed by atoms with Crippen LogP contribution in [0.25, 0.3) is 0 Å². The second kappa shape index (κ2) is 9.74. The Morgan fingerprint density at radius 2 is 1.89 bits per heavy atom. The molecule has 0 bridgehead atoms. The first-order valence-electron chi connectivity index (χ1n) is 8.45. The maximum absolute atomic E-state index is 12.6. The molecule has 0 radical (unpaired) electrons. The fourth-order valence-electron chi connectivity index (χ4n) is 2.71. The van der Waals surface area contributed by atoms with E-state index in [1.807, 2.05) is 0 Å². The number of nitro groups is 1. The lowest BCUT2D eigenvalue weighted by molar-refractivity contribution is -0.384.